The number of benzene rings is 1. The van der Waals surface area contributed by atoms with E-state index in [1.165, 1.54) is 17.3 Å². The Bertz CT molecular complexity index is 334. The summed E-state index contributed by atoms with van der Waals surface area (Å²) in [5.74, 6) is 3.07. The van der Waals surface area contributed by atoms with Gasteiger partial charge in [-0.1, -0.05) is 29.7 Å². The highest BCUT2D eigenvalue weighted by atomic mass is 32.2. The van der Waals surface area contributed by atoms with Crippen molar-refractivity contribution in [1.82, 2.24) is 0 Å². The lowest BCUT2D eigenvalue weighted by molar-refractivity contribution is 1.42. The van der Waals surface area contributed by atoms with Gasteiger partial charge in [0.15, 0.2) is 0 Å². The smallest absolute Gasteiger partial charge is 0.0254 e. The highest BCUT2D eigenvalue weighted by Crippen LogP contribution is 2.04. The van der Waals surface area contributed by atoms with Crippen molar-refractivity contribution in [2.75, 3.05) is 0 Å². The van der Waals surface area contributed by atoms with Crippen LogP contribution in [0.5, 0.6) is 0 Å². The molecule has 1 rings (SSSR count). The highest BCUT2D eigenvalue weighted by molar-refractivity contribution is 8.06. The van der Waals surface area contributed by atoms with Gasteiger partial charge in [0.25, 0.3) is 0 Å². The summed E-state index contributed by atoms with van der Waals surface area (Å²) in [5.41, 5.74) is 2.35. The third-order valence-corrected chi connectivity index (χ3v) is 2.13. The van der Waals surface area contributed by atoms with E-state index in [1.54, 1.807) is 0 Å². The third kappa shape index (κ3) is 4.45. The zero-order valence-electron chi connectivity index (χ0n) is 7.87. The molecule has 66 valence electrons. The Morgan fingerprint density at radius 2 is 1.92 bits per heavy atom. The minimum Gasteiger partial charge on any atom is -0.0692 e. The van der Waals surface area contributed by atoms with Crippen LogP contribution < -0.4 is 0 Å². The normalized spacial score (nSPS) is 8.46. The molecule has 0 N–H and O–H groups in total. The minimum atomic E-state index is 1.07. The van der Waals surface area contributed by atoms with Gasteiger partial charge in [-0.3, -0.25) is 0 Å². The molecule has 0 amide bonds. The summed E-state index contributed by atoms with van der Waals surface area (Å²) in [6.07, 6.45) is 0. The van der Waals surface area contributed by atoms with E-state index in [0.717, 1.165) is 5.56 Å². The van der Waals surface area contributed by atoms with Crippen LogP contribution in [0.2, 0.25) is 0 Å². The van der Waals surface area contributed by atoms with Crippen LogP contribution in [0, 0.1) is 11.2 Å². The molecule has 1 aromatic carbocycles. The van der Waals surface area contributed by atoms with Crippen LogP contribution in [0.3, 0.4) is 0 Å². The minimum absolute atomic E-state index is 1.07. The molecule has 0 aliphatic carbocycles. The zero-order chi connectivity index (χ0) is 9.52. The summed E-state index contributed by atoms with van der Waals surface area (Å²) in [5, 5.41) is 5.07. The van der Waals surface area contributed by atoms with E-state index in [2.05, 4.69) is 30.4 Å². The molecule has 0 fully saturated rings. The van der Waals surface area contributed by atoms with Gasteiger partial charge < -0.3 is 0 Å². The van der Waals surface area contributed by atoms with Crippen LogP contribution in [-0.2, 0) is 0 Å². The molecule has 0 saturated carbocycles. The molecule has 0 atom stereocenters. The largest absolute Gasteiger partial charge is 0.0692 e. The first-order valence-corrected chi connectivity index (χ1v) is 5.02. The fourth-order valence-corrected chi connectivity index (χ4v) is 1.23. The highest BCUT2D eigenvalue weighted by Gasteiger charge is 1.80. The molecule has 1 aromatic rings. The summed E-state index contributed by atoms with van der Waals surface area (Å²) in [7, 11) is 0. The number of allylic oxidation sites excluding steroid dienone is 1. The fraction of sp³-hybridized carbons (Fsp3) is 0.167. The van der Waals surface area contributed by atoms with E-state index >= 15 is 0 Å². The van der Waals surface area contributed by atoms with Crippen LogP contribution in [-0.4, -0.2) is 0 Å². The first-order chi connectivity index (χ1) is 6.29. The number of hydrogen-bond donors (Lipinski definition) is 0. The van der Waals surface area contributed by atoms with E-state index in [-0.39, 0.29) is 0 Å². The Morgan fingerprint density at radius 3 is 2.54 bits per heavy atom. The zero-order valence-corrected chi connectivity index (χ0v) is 8.69. The molecule has 0 spiro atoms. The van der Waals surface area contributed by atoms with Crippen molar-refractivity contribution >= 4 is 11.8 Å². The molecule has 0 heterocycles. The average Bonchev–Trinajstić information content (AvgIpc) is 2.14. The standard InChI is InChI=1S/C12H12S/c1-11(2)10-13-9-8-12-6-4-3-5-7-12/h3-7,10H,1-2H3. The Balaban J connectivity index is 2.54. The SMILES string of the molecule is CC(C)=CSC#Cc1ccccc1. The van der Waals surface area contributed by atoms with Crippen molar-refractivity contribution in [2.24, 2.45) is 0 Å². The Kier molecular flexibility index (Phi) is 4.21. The maximum Gasteiger partial charge on any atom is 0.0254 e. The second kappa shape index (κ2) is 5.50. The molecule has 0 bridgehead atoms. The number of thioether (sulfide) groups is 1. The van der Waals surface area contributed by atoms with Crippen molar-refractivity contribution in [3.05, 3.63) is 46.9 Å². The predicted octanol–water partition coefficient (Wildman–Crippen LogP) is 3.65. The first kappa shape index (κ1) is 9.95. The lowest BCUT2D eigenvalue weighted by atomic mass is 10.2. The molecule has 0 radical (unpaired) electrons. The van der Waals surface area contributed by atoms with Crippen LogP contribution >= 0.6 is 11.8 Å². The van der Waals surface area contributed by atoms with Gasteiger partial charge in [0, 0.05) is 5.56 Å². The van der Waals surface area contributed by atoms with Crippen molar-refractivity contribution in [3.63, 3.8) is 0 Å². The van der Waals surface area contributed by atoms with E-state index in [4.69, 9.17) is 0 Å². The van der Waals surface area contributed by atoms with Gasteiger partial charge in [-0.2, -0.15) is 0 Å². The fourth-order valence-electron chi connectivity index (χ4n) is 0.757. The molecule has 0 saturated heterocycles. The number of rotatable bonds is 1. The van der Waals surface area contributed by atoms with Crippen LogP contribution in [0.15, 0.2) is 41.3 Å². The topological polar surface area (TPSA) is 0 Å². The van der Waals surface area contributed by atoms with E-state index in [0.29, 0.717) is 0 Å². The first-order valence-electron chi connectivity index (χ1n) is 4.14. The maximum absolute atomic E-state index is 3.07. The third-order valence-electron chi connectivity index (χ3n) is 1.32. The van der Waals surface area contributed by atoms with Crippen molar-refractivity contribution in [2.45, 2.75) is 13.8 Å². The molecule has 0 aliphatic heterocycles. The predicted molar refractivity (Wildman–Crippen MR) is 60.3 cm³/mol. The van der Waals surface area contributed by atoms with Crippen LogP contribution in [0.1, 0.15) is 19.4 Å². The Morgan fingerprint density at radius 1 is 1.23 bits per heavy atom. The van der Waals surface area contributed by atoms with Gasteiger partial charge in [-0.25, -0.2) is 0 Å². The summed E-state index contributed by atoms with van der Waals surface area (Å²) in [4.78, 5) is 0. The molecule has 0 aliphatic rings. The van der Waals surface area contributed by atoms with Gasteiger partial charge >= 0.3 is 0 Å². The lowest BCUT2D eigenvalue weighted by Crippen LogP contribution is -1.68. The van der Waals surface area contributed by atoms with Crippen molar-refractivity contribution < 1.29 is 0 Å². The van der Waals surface area contributed by atoms with Crippen LogP contribution in [0.4, 0.5) is 0 Å². The monoisotopic (exact) mass is 188 g/mol. The number of hydrogen-bond acceptors (Lipinski definition) is 1. The Labute approximate surface area is 84.1 Å². The summed E-state index contributed by atoms with van der Waals surface area (Å²) in [6.45, 7) is 4.13. The van der Waals surface area contributed by atoms with E-state index in [1.807, 2.05) is 30.3 Å². The second-order valence-corrected chi connectivity index (χ2v) is 3.58. The molecule has 0 aromatic heterocycles. The van der Waals surface area contributed by atoms with Gasteiger partial charge in [-0.15, -0.1) is 0 Å². The molecular weight excluding hydrogens is 176 g/mol. The summed E-state index contributed by atoms with van der Waals surface area (Å²) >= 11 is 1.53. The van der Waals surface area contributed by atoms with Gasteiger partial charge in [0.05, 0.1) is 0 Å². The summed E-state index contributed by atoms with van der Waals surface area (Å²) < 4.78 is 0. The quantitative estimate of drug-likeness (QED) is 0.606. The lowest BCUT2D eigenvalue weighted by Gasteiger charge is -1.85. The van der Waals surface area contributed by atoms with E-state index in [9.17, 15) is 0 Å². The molecular formula is C12H12S. The average molecular weight is 188 g/mol. The van der Waals surface area contributed by atoms with Gasteiger partial charge in [-0.05, 0) is 48.4 Å². The van der Waals surface area contributed by atoms with Gasteiger partial charge in [0.2, 0.25) is 0 Å². The molecule has 0 nitrogen and oxygen atoms in total. The van der Waals surface area contributed by atoms with Crippen molar-refractivity contribution in [1.29, 1.82) is 0 Å². The summed E-state index contributed by atoms with van der Waals surface area (Å²) in [6, 6.07) is 10.0. The molecule has 1 heteroatoms. The maximum atomic E-state index is 3.07. The molecule has 0 unspecified atom stereocenters. The molecule has 13 heavy (non-hydrogen) atoms. The van der Waals surface area contributed by atoms with E-state index < -0.39 is 0 Å². The van der Waals surface area contributed by atoms with Gasteiger partial charge in [0.1, 0.15) is 0 Å². The Hall–Kier alpha value is -1.13. The van der Waals surface area contributed by atoms with Crippen LogP contribution in [0.25, 0.3) is 0 Å². The second-order valence-electron chi connectivity index (χ2n) is 2.91. The van der Waals surface area contributed by atoms with Crippen molar-refractivity contribution in [3.8, 4) is 11.2 Å².